The molecule has 4 rings (SSSR count). The van der Waals surface area contributed by atoms with Crippen molar-refractivity contribution in [1.82, 2.24) is 10.7 Å². The monoisotopic (exact) mass is 460 g/mol. The first-order valence-electron chi connectivity index (χ1n) is 10.7. The van der Waals surface area contributed by atoms with Gasteiger partial charge in [-0.2, -0.15) is 0 Å². The number of ether oxygens (including phenoxy) is 3. The standard InChI is InChI=1S/C26H25N3O5/c1-32-20-12-8-17(9-13-20)24-23(27-25(30)18-10-14-21(33-2)15-11-18)26(31)28-29(24)16-19-6-4-5-7-22(19)34-3/h4-16,23-24H,1-3H3,(H-,27,28,30,31)/p+1/b29-16-/t23-,24-/m0/s1. The molecule has 0 unspecified atom stereocenters. The van der Waals surface area contributed by atoms with Crippen molar-refractivity contribution >= 4 is 18.0 Å². The van der Waals surface area contributed by atoms with Gasteiger partial charge in [0.1, 0.15) is 17.2 Å². The van der Waals surface area contributed by atoms with Crippen molar-refractivity contribution in [3.8, 4) is 17.2 Å². The molecule has 0 aliphatic carbocycles. The maximum atomic E-state index is 13.0. The van der Waals surface area contributed by atoms with Crippen LogP contribution in [0.1, 0.15) is 27.5 Å². The number of nitrogens with zero attached hydrogens (tertiary/aromatic N) is 1. The molecule has 34 heavy (non-hydrogen) atoms. The summed E-state index contributed by atoms with van der Waals surface area (Å²) < 4.78 is 17.6. The van der Waals surface area contributed by atoms with E-state index in [4.69, 9.17) is 14.2 Å². The van der Waals surface area contributed by atoms with Gasteiger partial charge in [-0.25, -0.2) is 0 Å². The van der Waals surface area contributed by atoms with Gasteiger partial charge in [0.25, 0.3) is 5.91 Å². The maximum Gasteiger partial charge on any atom is 0.304 e. The zero-order valence-corrected chi connectivity index (χ0v) is 19.1. The zero-order valence-electron chi connectivity index (χ0n) is 19.1. The summed E-state index contributed by atoms with van der Waals surface area (Å²) in [5, 5.41) is 2.89. The van der Waals surface area contributed by atoms with E-state index in [0.29, 0.717) is 22.8 Å². The number of carbonyl (C=O) groups is 2. The first-order chi connectivity index (χ1) is 16.5. The lowest BCUT2D eigenvalue weighted by molar-refractivity contribution is -0.596. The Kier molecular flexibility index (Phi) is 6.77. The number of rotatable bonds is 7. The van der Waals surface area contributed by atoms with E-state index in [0.717, 1.165) is 11.1 Å². The highest BCUT2D eigenvalue weighted by molar-refractivity contribution is 5.98. The third-order valence-electron chi connectivity index (χ3n) is 5.65. The second kappa shape index (κ2) is 10.1. The fraction of sp³-hybridized carbons (Fsp3) is 0.192. The second-order valence-corrected chi connectivity index (χ2v) is 7.65. The van der Waals surface area contributed by atoms with E-state index < -0.39 is 12.1 Å². The third kappa shape index (κ3) is 4.71. The Bertz CT molecular complexity index is 1210. The Morgan fingerprint density at radius 1 is 0.882 bits per heavy atom. The van der Waals surface area contributed by atoms with Gasteiger partial charge >= 0.3 is 5.91 Å². The second-order valence-electron chi connectivity index (χ2n) is 7.65. The van der Waals surface area contributed by atoms with Crippen LogP contribution in [0, 0.1) is 0 Å². The largest absolute Gasteiger partial charge is 0.497 e. The molecule has 1 fully saturated rings. The number of hydrogen-bond acceptors (Lipinski definition) is 5. The number of benzene rings is 3. The average Bonchev–Trinajstić information content (AvgIpc) is 3.18. The Hall–Kier alpha value is -4.33. The molecule has 2 N–H and O–H groups in total. The molecule has 3 aromatic rings. The van der Waals surface area contributed by atoms with E-state index in [1.54, 1.807) is 56.5 Å². The summed E-state index contributed by atoms with van der Waals surface area (Å²) in [6, 6.07) is 20.2. The molecule has 8 heteroatoms. The van der Waals surface area contributed by atoms with Crippen LogP contribution in [0.3, 0.4) is 0 Å². The molecule has 1 heterocycles. The third-order valence-corrected chi connectivity index (χ3v) is 5.65. The summed E-state index contributed by atoms with van der Waals surface area (Å²) in [4.78, 5) is 26.0. The molecular formula is C26H26N3O5+. The van der Waals surface area contributed by atoms with Crippen LogP contribution in [-0.2, 0) is 4.79 Å². The van der Waals surface area contributed by atoms with Crippen molar-refractivity contribution in [1.29, 1.82) is 0 Å². The van der Waals surface area contributed by atoms with Crippen molar-refractivity contribution in [3.63, 3.8) is 0 Å². The molecule has 0 spiro atoms. The van der Waals surface area contributed by atoms with Crippen LogP contribution < -0.4 is 25.0 Å². The van der Waals surface area contributed by atoms with E-state index >= 15 is 0 Å². The number of hydrazone groups is 1. The Labute approximate surface area is 197 Å². The van der Waals surface area contributed by atoms with Crippen LogP contribution in [-0.4, -0.2) is 50.1 Å². The lowest BCUT2D eigenvalue weighted by atomic mass is 9.99. The summed E-state index contributed by atoms with van der Waals surface area (Å²) in [6.45, 7) is 0. The van der Waals surface area contributed by atoms with Gasteiger partial charge in [0.05, 0.1) is 26.9 Å². The first-order valence-corrected chi connectivity index (χ1v) is 10.7. The number of amides is 2. The summed E-state index contributed by atoms with van der Waals surface area (Å²) in [6.07, 6.45) is 1.80. The number of hydrogen-bond donors (Lipinski definition) is 2. The molecule has 8 nitrogen and oxygen atoms in total. The molecular weight excluding hydrogens is 434 g/mol. The number of methoxy groups -OCH3 is 3. The van der Waals surface area contributed by atoms with Gasteiger partial charge in [-0.05, 0) is 60.7 Å². The Morgan fingerprint density at radius 3 is 2.12 bits per heavy atom. The van der Waals surface area contributed by atoms with Crippen LogP contribution in [0.25, 0.3) is 0 Å². The molecule has 3 aromatic carbocycles. The highest BCUT2D eigenvalue weighted by atomic mass is 16.5. The van der Waals surface area contributed by atoms with Gasteiger partial charge in [0, 0.05) is 11.1 Å². The topological polar surface area (TPSA) is 88.9 Å². The SMILES string of the molecule is COc1ccc(C(=O)N[C@@H]2C(=O)N/[N+](=C\c3ccccc3OC)[C@H]2c2ccc(OC)cc2)cc1. The molecule has 1 aliphatic heterocycles. The molecule has 0 bridgehead atoms. The van der Waals surface area contributed by atoms with Gasteiger partial charge in [-0.1, -0.05) is 12.1 Å². The summed E-state index contributed by atoms with van der Waals surface area (Å²) in [7, 11) is 4.74. The van der Waals surface area contributed by atoms with Crippen molar-refractivity contribution in [2.45, 2.75) is 12.1 Å². The van der Waals surface area contributed by atoms with Crippen LogP contribution in [0.5, 0.6) is 17.2 Å². The van der Waals surface area contributed by atoms with E-state index in [1.807, 2.05) is 48.5 Å². The summed E-state index contributed by atoms with van der Waals surface area (Å²) in [5.41, 5.74) is 4.91. The molecule has 2 amide bonds. The highest BCUT2D eigenvalue weighted by Crippen LogP contribution is 2.28. The van der Waals surface area contributed by atoms with Gasteiger partial charge in [-0.15, -0.1) is 10.1 Å². The van der Waals surface area contributed by atoms with Gasteiger partial charge < -0.3 is 19.5 Å². The van der Waals surface area contributed by atoms with Crippen molar-refractivity contribution in [2.24, 2.45) is 0 Å². The minimum atomic E-state index is -0.839. The minimum Gasteiger partial charge on any atom is -0.497 e. The maximum absolute atomic E-state index is 13.0. The van der Waals surface area contributed by atoms with E-state index in [1.165, 1.54) is 0 Å². The number of para-hydroxylation sites is 1. The molecule has 0 radical (unpaired) electrons. The zero-order chi connectivity index (χ0) is 24.1. The molecule has 2 atom stereocenters. The van der Waals surface area contributed by atoms with Crippen molar-refractivity contribution in [2.75, 3.05) is 21.3 Å². The lowest BCUT2D eigenvalue weighted by Gasteiger charge is -2.15. The Balaban J connectivity index is 1.70. The number of nitrogens with one attached hydrogen (secondary N) is 2. The van der Waals surface area contributed by atoms with E-state index in [2.05, 4.69) is 10.7 Å². The Morgan fingerprint density at radius 2 is 1.50 bits per heavy atom. The van der Waals surface area contributed by atoms with Gasteiger partial charge in [0.2, 0.25) is 12.3 Å². The highest BCUT2D eigenvalue weighted by Gasteiger charge is 2.48. The molecule has 174 valence electrons. The van der Waals surface area contributed by atoms with E-state index in [9.17, 15) is 9.59 Å². The first kappa shape index (κ1) is 22.8. The lowest BCUT2D eigenvalue weighted by Crippen LogP contribution is -2.42. The fourth-order valence-corrected chi connectivity index (χ4v) is 3.87. The smallest absolute Gasteiger partial charge is 0.304 e. The normalized spacial score (nSPS) is 18.3. The quantitative estimate of drug-likeness (QED) is 0.530. The fourth-order valence-electron chi connectivity index (χ4n) is 3.87. The minimum absolute atomic E-state index is 0.325. The van der Waals surface area contributed by atoms with Gasteiger partial charge in [0.15, 0.2) is 6.04 Å². The average molecular weight is 461 g/mol. The van der Waals surface area contributed by atoms with Crippen molar-refractivity contribution < 1.29 is 28.5 Å². The van der Waals surface area contributed by atoms with Gasteiger partial charge in [-0.3, -0.25) is 9.59 Å². The summed E-state index contributed by atoms with van der Waals surface area (Å²) >= 11 is 0. The number of hydrazine groups is 1. The van der Waals surface area contributed by atoms with Crippen LogP contribution in [0.15, 0.2) is 72.8 Å². The molecule has 1 aliphatic rings. The van der Waals surface area contributed by atoms with Crippen LogP contribution in [0.4, 0.5) is 0 Å². The number of carbonyl (C=O) groups excluding carboxylic acids is 2. The van der Waals surface area contributed by atoms with Crippen LogP contribution in [0.2, 0.25) is 0 Å². The van der Waals surface area contributed by atoms with Crippen molar-refractivity contribution in [3.05, 3.63) is 89.5 Å². The van der Waals surface area contributed by atoms with E-state index in [-0.39, 0.29) is 11.8 Å². The predicted molar refractivity (Wildman–Crippen MR) is 127 cm³/mol. The molecule has 1 saturated heterocycles. The summed E-state index contributed by atoms with van der Waals surface area (Å²) in [5.74, 6) is 1.31. The van der Waals surface area contributed by atoms with Crippen LogP contribution >= 0.6 is 0 Å². The predicted octanol–water partition coefficient (Wildman–Crippen LogP) is 2.73. The molecule has 0 saturated carbocycles. The molecule has 0 aromatic heterocycles.